The van der Waals surface area contributed by atoms with Crippen molar-refractivity contribution in [1.82, 2.24) is 0 Å². The third-order valence-electron chi connectivity index (χ3n) is 6.14. The lowest BCUT2D eigenvalue weighted by atomic mass is 9.74. The fourth-order valence-electron chi connectivity index (χ4n) is 4.74. The summed E-state index contributed by atoms with van der Waals surface area (Å²) in [7, 11) is 0. The highest BCUT2D eigenvalue weighted by molar-refractivity contribution is 6.30. The van der Waals surface area contributed by atoms with Gasteiger partial charge in [-0.25, -0.2) is 4.39 Å². The number of allylic oxidation sites excluding steroid dienone is 2. The molecule has 2 aromatic carbocycles. The van der Waals surface area contributed by atoms with Crippen LogP contribution >= 0.6 is 11.6 Å². The number of benzene rings is 2. The van der Waals surface area contributed by atoms with Gasteiger partial charge < -0.3 is 0 Å². The molecule has 0 aromatic heterocycles. The topological polar surface area (TPSA) is 0 Å². The van der Waals surface area contributed by atoms with Crippen LogP contribution in [0.3, 0.4) is 0 Å². The lowest BCUT2D eigenvalue weighted by molar-refractivity contribution is 0.532. The summed E-state index contributed by atoms with van der Waals surface area (Å²) in [5.41, 5.74) is 7.31. The van der Waals surface area contributed by atoms with Gasteiger partial charge in [-0.05, 0) is 96.7 Å². The molecule has 2 atom stereocenters. The minimum absolute atomic E-state index is 0.214. The van der Waals surface area contributed by atoms with Gasteiger partial charge in [-0.1, -0.05) is 48.9 Å². The molecule has 0 heterocycles. The van der Waals surface area contributed by atoms with Gasteiger partial charge in [0.15, 0.2) is 0 Å². The van der Waals surface area contributed by atoms with Crippen molar-refractivity contribution < 1.29 is 4.39 Å². The maximum Gasteiger partial charge on any atom is 0.142 e. The molecule has 0 amide bonds. The predicted octanol–water partition coefficient (Wildman–Crippen LogP) is 6.82. The summed E-state index contributed by atoms with van der Waals surface area (Å²) in [6.07, 6.45) is 12.7. The average molecular weight is 369 g/mol. The van der Waals surface area contributed by atoms with Crippen molar-refractivity contribution in [2.75, 3.05) is 0 Å². The second-order valence-electron chi connectivity index (χ2n) is 7.79. The largest absolute Gasteiger partial charge is 0.205 e. The molecule has 2 aliphatic rings. The summed E-state index contributed by atoms with van der Waals surface area (Å²) in [4.78, 5) is 0. The minimum atomic E-state index is -0.299. The van der Waals surface area contributed by atoms with Crippen LogP contribution in [0.25, 0.3) is 0 Å². The van der Waals surface area contributed by atoms with E-state index in [2.05, 4.69) is 31.2 Å². The van der Waals surface area contributed by atoms with Crippen LogP contribution < -0.4 is 0 Å². The van der Waals surface area contributed by atoms with Gasteiger partial charge in [0.05, 0.1) is 5.02 Å². The van der Waals surface area contributed by atoms with Crippen molar-refractivity contribution in [3.63, 3.8) is 0 Å². The van der Waals surface area contributed by atoms with Gasteiger partial charge in [-0.15, -0.1) is 0 Å². The Balaban J connectivity index is 1.56. The number of hydrogen-bond acceptors (Lipinski definition) is 0. The third-order valence-corrected chi connectivity index (χ3v) is 6.45. The summed E-state index contributed by atoms with van der Waals surface area (Å²) in [6, 6.07) is 9.99. The molecule has 0 saturated carbocycles. The molecule has 2 aromatic rings. The maximum atomic E-state index is 13.8. The molecule has 0 N–H and O–H groups in total. The summed E-state index contributed by atoms with van der Waals surface area (Å²) in [5.74, 6) is 0.802. The van der Waals surface area contributed by atoms with E-state index in [1.807, 2.05) is 6.07 Å². The van der Waals surface area contributed by atoms with E-state index in [0.717, 1.165) is 31.2 Å². The van der Waals surface area contributed by atoms with Gasteiger partial charge in [0.1, 0.15) is 5.82 Å². The Morgan fingerprint density at radius 3 is 2.50 bits per heavy atom. The molecule has 136 valence electrons. The van der Waals surface area contributed by atoms with Gasteiger partial charge >= 0.3 is 0 Å². The average Bonchev–Trinajstić information content (AvgIpc) is 2.67. The molecule has 0 radical (unpaired) electrons. The molecule has 2 unspecified atom stereocenters. The van der Waals surface area contributed by atoms with Gasteiger partial charge in [0, 0.05) is 0 Å². The first-order valence-corrected chi connectivity index (χ1v) is 10.3. The molecule has 2 heteroatoms. The SMILES string of the molecule is CC/C=C/C1CCc2c(ccc3c2CCC(c2ccc(Cl)c(F)c2)C3)C1. The van der Waals surface area contributed by atoms with Crippen molar-refractivity contribution in [1.29, 1.82) is 0 Å². The Hall–Kier alpha value is -1.60. The Bertz CT molecular complexity index is 836. The smallest absolute Gasteiger partial charge is 0.142 e. The van der Waals surface area contributed by atoms with E-state index in [9.17, 15) is 4.39 Å². The first kappa shape index (κ1) is 17.8. The van der Waals surface area contributed by atoms with E-state index >= 15 is 0 Å². The van der Waals surface area contributed by atoms with Crippen LogP contribution in [0.1, 0.15) is 59.9 Å². The summed E-state index contributed by atoms with van der Waals surface area (Å²) in [6.45, 7) is 2.20. The Morgan fingerprint density at radius 2 is 1.77 bits per heavy atom. The summed E-state index contributed by atoms with van der Waals surface area (Å²) < 4.78 is 13.8. The number of fused-ring (bicyclic) bond motifs is 3. The zero-order valence-electron chi connectivity index (χ0n) is 15.4. The third kappa shape index (κ3) is 3.47. The highest BCUT2D eigenvalue weighted by Gasteiger charge is 2.26. The molecule has 0 fully saturated rings. The van der Waals surface area contributed by atoms with Crippen LogP contribution in [0, 0.1) is 11.7 Å². The molecule has 0 aliphatic heterocycles. The molecule has 26 heavy (non-hydrogen) atoms. The van der Waals surface area contributed by atoms with E-state index < -0.39 is 0 Å². The van der Waals surface area contributed by atoms with Gasteiger partial charge in [-0.3, -0.25) is 0 Å². The minimum Gasteiger partial charge on any atom is -0.205 e. The highest BCUT2D eigenvalue weighted by Crippen LogP contribution is 2.39. The fraction of sp³-hybridized carbons (Fsp3) is 0.417. The lowest BCUT2D eigenvalue weighted by Crippen LogP contribution is -2.20. The molecular weight excluding hydrogens is 343 g/mol. The van der Waals surface area contributed by atoms with Crippen LogP contribution in [-0.4, -0.2) is 0 Å². The van der Waals surface area contributed by atoms with E-state index in [-0.39, 0.29) is 10.8 Å². The molecular formula is C24H26ClF. The van der Waals surface area contributed by atoms with Crippen LogP contribution in [0.15, 0.2) is 42.5 Å². The molecule has 4 rings (SSSR count). The Labute approximate surface area is 161 Å². The van der Waals surface area contributed by atoms with Gasteiger partial charge in [-0.2, -0.15) is 0 Å². The number of hydrogen-bond donors (Lipinski definition) is 0. The van der Waals surface area contributed by atoms with Crippen molar-refractivity contribution in [2.24, 2.45) is 5.92 Å². The van der Waals surface area contributed by atoms with Crippen LogP contribution in [0.4, 0.5) is 4.39 Å². The summed E-state index contributed by atoms with van der Waals surface area (Å²) in [5, 5.41) is 0.214. The van der Waals surface area contributed by atoms with Crippen molar-refractivity contribution in [3.05, 3.63) is 81.1 Å². The maximum absolute atomic E-state index is 13.8. The number of rotatable bonds is 3. The van der Waals surface area contributed by atoms with Gasteiger partial charge in [0.25, 0.3) is 0 Å². The van der Waals surface area contributed by atoms with E-state index in [1.54, 1.807) is 28.8 Å². The zero-order chi connectivity index (χ0) is 18.1. The van der Waals surface area contributed by atoms with E-state index in [4.69, 9.17) is 11.6 Å². The first-order chi connectivity index (χ1) is 12.7. The van der Waals surface area contributed by atoms with Crippen LogP contribution in [0.2, 0.25) is 5.02 Å². The Kier molecular flexibility index (Phi) is 5.18. The Morgan fingerprint density at radius 1 is 1.04 bits per heavy atom. The summed E-state index contributed by atoms with van der Waals surface area (Å²) >= 11 is 5.84. The molecule has 2 aliphatic carbocycles. The van der Waals surface area contributed by atoms with Crippen molar-refractivity contribution in [2.45, 2.75) is 57.8 Å². The second-order valence-corrected chi connectivity index (χ2v) is 8.20. The van der Waals surface area contributed by atoms with Crippen LogP contribution in [-0.2, 0) is 25.7 Å². The quantitative estimate of drug-likeness (QED) is 0.521. The van der Waals surface area contributed by atoms with Crippen LogP contribution in [0.5, 0.6) is 0 Å². The molecule has 0 saturated heterocycles. The molecule has 0 nitrogen and oxygen atoms in total. The lowest BCUT2D eigenvalue weighted by Gasteiger charge is -2.31. The monoisotopic (exact) mass is 368 g/mol. The zero-order valence-corrected chi connectivity index (χ0v) is 16.2. The molecule has 0 bridgehead atoms. The van der Waals surface area contributed by atoms with E-state index in [0.29, 0.717) is 11.8 Å². The standard InChI is InChI=1S/C24H26ClF/c1-2-3-4-16-5-10-21-19(13-16)6-7-20-14-17(8-11-22(20)21)18-9-12-23(25)24(26)15-18/h3-4,6-7,9,12,15-17H,2,5,8,10-11,13-14H2,1H3/b4-3+. The number of halogens is 2. The normalized spacial score (nSPS) is 22.3. The van der Waals surface area contributed by atoms with E-state index in [1.165, 1.54) is 24.8 Å². The second kappa shape index (κ2) is 7.56. The predicted molar refractivity (Wildman–Crippen MR) is 108 cm³/mol. The fourth-order valence-corrected chi connectivity index (χ4v) is 4.86. The first-order valence-electron chi connectivity index (χ1n) is 9.89. The van der Waals surface area contributed by atoms with Crippen molar-refractivity contribution >= 4 is 11.6 Å². The van der Waals surface area contributed by atoms with Crippen molar-refractivity contribution in [3.8, 4) is 0 Å². The highest BCUT2D eigenvalue weighted by atomic mass is 35.5. The molecule has 0 spiro atoms. The van der Waals surface area contributed by atoms with Gasteiger partial charge in [0.2, 0.25) is 0 Å².